The molecule has 0 saturated carbocycles. The third-order valence-electron chi connectivity index (χ3n) is 3.54. The molecule has 0 spiro atoms. The summed E-state index contributed by atoms with van der Waals surface area (Å²) in [6, 6.07) is 18.8. The van der Waals surface area contributed by atoms with Gasteiger partial charge in [-0.2, -0.15) is 5.10 Å². The Morgan fingerprint density at radius 2 is 1.65 bits per heavy atom. The van der Waals surface area contributed by atoms with Crippen molar-refractivity contribution in [3.63, 3.8) is 0 Å². The topological polar surface area (TPSA) is 43.1 Å². The van der Waals surface area contributed by atoms with Crippen LogP contribution in [0, 0.1) is 6.92 Å². The zero-order valence-corrected chi connectivity index (χ0v) is 13.4. The van der Waals surface area contributed by atoms with E-state index in [9.17, 15) is 0 Å². The van der Waals surface area contributed by atoms with Crippen LogP contribution in [0.1, 0.15) is 5.82 Å². The first-order valence-corrected chi connectivity index (χ1v) is 8.11. The van der Waals surface area contributed by atoms with Gasteiger partial charge in [-0.25, -0.2) is 14.5 Å². The highest BCUT2D eigenvalue weighted by Crippen LogP contribution is 2.30. The van der Waals surface area contributed by atoms with Crippen molar-refractivity contribution in [1.82, 2.24) is 19.6 Å². The lowest BCUT2D eigenvalue weighted by molar-refractivity contribution is 0.869. The number of benzene rings is 2. The first-order valence-electron chi connectivity index (χ1n) is 7.30. The Bertz CT molecular complexity index is 946. The van der Waals surface area contributed by atoms with Crippen LogP contribution < -0.4 is 0 Å². The largest absolute Gasteiger partial charge is 0.222 e. The minimum Gasteiger partial charge on any atom is -0.222 e. The number of hydrogen-bond donors (Lipinski definition) is 0. The molecule has 2 aromatic heterocycles. The molecule has 4 rings (SSSR count). The Hall–Kier alpha value is -2.66. The van der Waals surface area contributed by atoms with Gasteiger partial charge < -0.3 is 0 Å². The second-order valence-electron chi connectivity index (χ2n) is 5.17. The molecule has 0 aliphatic rings. The molecule has 23 heavy (non-hydrogen) atoms. The van der Waals surface area contributed by atoms with Gasteiger partial charge in [-0.3, -0.25) is 0 Å². The summed E-state index contributed by atoms with van der Waals surface area (Å²) in [5.41, 5.74) is 2.96. The van der Waals surface area contributed by atoms with Crippen LogP contribution in [-0.2, 0) is 0 Å². The predicted molar refractivity (Wildman–Crippen MR) is 91.5 cm³/mol. The summed E-state index contributed by atoms with van der Waals surface area (Å²) >= 11 is 1.75. The van der Waals surface area contributed by atoms with Gasteiger partial charge in [0.2, 0.25) is 0 Å². The maximum atomic E-state index is 4.49. The molecule has 0 N–H and O–H groups in total. The maximum absolute atomic E-state index is 4.49. The number of hydrogen-bond acceptors (Lipinski definition) is 4. The molecule has 0 bridgehead atoms. The van der Waals surface area contributed by atoms with Gasteiger partial charge in [0.15, 0.2) is 5.65 Å². The Labute approximate surface area is 138 Å². The lowest BCUT2D eigenvalue weighted by Crippen LogP contribution is -1.95. The molecule has 0 fully saturated rings. The summed E-state index contributed by atoms with van der Waals surface area (Å²) < 4.78 is 1.70. The Balaban J connectivity index is 1.66. The summed E-state index contributed by atoms with van der Waals surface area (Å²) in [5, 5.41) is 4.31. The van der Waals surface area contributed by atoms with Crippen LogP contribution in [0.5, 0.6) is 0 Å². The van der Waals surface area contributed by atoms with E-state index in [2.05, 4.69) is 63.6 Å². The molecule has 0 atom stereocenters. The maximum Gasteiger partial charge on any atom is 0.166 e. The van der Waals surface area contributed by atoms with E-state index >= 15 is 0 Å². The van der Waals surface area contributed by atoms with Crippen molar-refractivity contribution in [2.75, 3.05) is 0 Å². The molecule has 0 radical (unpaired) electrons. The van der Waals surface area contributed by atoms with Gasteiger partial charge in [-0.05, 0) is 36.8 Å². The SMILES string of the molecule is Cc1ncn2ncc(-c3ccc(Sc4ccccc4)cc3)c2n1. The fourth-order valence-corrected chi connectivity index (χ4v) is 3.24. The Morgan fingerprint density at radius 1 is 0.913 bits per heavy atom. The van der Waals surface area contributed by atoms with E-state index < -0.39 is 0 Å². The van der Waals surface area contributed by atoms with E-state index in [1.54, 1.807) is 22.6 Å². The van der Waals surface area contributed by atoms with Crippen LogP contribution in [0.25, 0.3) is 16.8 Å². The second kappa shape index (κ2) is 5.85. The van der Waals surface area contributed by atoms with Gasteiger partial charge in [0.1, 0.15) is 12.2 Å². The fourth-order valence-electron chi connectivity index (χ4n) is 2.40. The quantitative estimate of drug-likeness (QED) is 0.566. The summed E-state index contributed by atoms with van der Waals surface area (Å²) in [6.07, 6.45) is 3.53. The molecule has 0 amide bonds. The molecule has 2 heterocycles. The predicted octanol–water partition coefficient (Wildman–Crippen LogP) is 4.25. The molecule has 0 aliphatic heterocycles. The lowest BCUT2D eigenvalue weighted by Gasteiger charge is -2.03. The van der Waals surface area contributed by atoms with E-state index in [-0.39, 0.29) is 0 Å². The zero-order chi connectivity index (χ0) is 15.6. The average Bonchev–Trinajstić information content (AvgIpc) is 2.99. The van der Waals surface area contributed by atoms with E-state index in [1.807, 2.05) is 19.2 Å². The van der Waals surface area contributed by atoms with Crippen molar-refractivity contribution in [1.29, 1.82) is 0 Å². The van der Waals surface area contributed by atoms with E-state index in [1.165, 1.54) is 9.79 Å². The molecule has 2 aromatic carbocycles. The summed E-state index contributed by atoms with van der Waals surface area (Å²) in [6.45, 7) is 1.89. The molecule has 0 unspecified atom stereocenters. The highest BCUT2D eigenvalue weighted by Gasteiger charge is 2.08. The smallest absolute Gasteiger partial charge is 0.166 e. The van der Waals surface area contributed by atoms with Gasteiger partial charge in [0, 0.05) is 15.4 Å². The summed E-state index contributed by atoms with van der Waals surface area (Å²) in [7, 11) is 0. The second-order valence-corrected chi connectivity index (χ2v) is 6.32. The van der Waals surface area contributed by atoms with Crippen molar-refractivity contribution in [3.05, 3.63) is 72.9 Å². The number of fused-ring (bicyclic) bond motifs is 1. The molecule has 112 valence electrons. The Kier molecular flexibility index (Phi) is 3.55. The van der Waals surface area contributed by atoms with Crippen LogP contribution >= 0.6 is 11.8 Å². The van der Waals surface area contributed by atoms with Crippen molar-refractivity contribution >= 4 is 17.4 Å². The molecular weight excluding hydrogens is 304 g/mol. The van der Waals surface area contributed by atoms with Crippen LogP contribution in [0.15, 0.2) is 76.9 Å². The molecule has 5 heteroatoms. The number of rotatable bonds is 3. The van der Waals surface area contributed by atoms with Gasteiger partial charge in [-0.15, -0.1) is 0 Å². The van der Waals surface area contributed by atoms with Crippen molar-refractivity contribution in [3.8, 4) is 11.1 Å². The van der Waals surface area contributed by atoms with Gasteiger partial charge in [0.25, 0.3) is 0 Å². The Morgan fingerprint density at radius 3 is 2.43 bits per heavy atom. The van der Waals surface area contributed by atoms with Crippen LogP contribution in [0.2, 0.25) is 0 Å². The normalized spacial score (nSPS) is 11.0. The van der Waals surface area contributed by atoms with E-state index in [0.717, 1.165) is 22.6 Å². The zero-order valence-electron chi connectivity index (χ0n) is 12.5. The highest BCUT2D eigenvalue weighted by atomic mass is 32.2. The standard InChI is InChI=1S/C18H14N4S/c1-13-19-12-22-18(21-13)17(11-20-22)14-7-9-16(10-8-14)23-15-5-3-2-4-6-15/h2-12H,1H3. The summed E-state index contributed by atoms with van der Waals surface area (Å²) in [5.74, 6) is 0.746. The molecular formula is C18H14N4S. The first kappa shape index (κ1) is 14.0. The van der Waals surface area contributed by atoms with Crippen LogP contribution in [0.3, 0.4) is 0 Å². The third-order valence-corrected chi connectivity index (χ3v) is 4.55. The monoisotopic (exact) mass is 318 g/mol. The number of nitrogens with zero attached hydrogens (tertiary/aromatic N) is 4. The number of aromatic nitrogens is 4. The molecule has 4 aromatic rings. The van der Waals surface area contributed by atoms with Gasteiger partial charge in [-0.1, -0.05) is 42.1 Å². The average molecular weight is 318 g/mol. The lowest BCUT2D eigenvalue weighted by atomic mass is 10.1. The van der Waals surface area contributed by atoms with Gasteiger partial charge >= 0.3 is 0 Å². The van der Waals surface area contributed by atoms with E-state index in [0.29, 0.717) is 0 Å². The van der Waals surface area contributed by atoms with Crippen LogP contribution in [0.4, 0.5) is 0 Å². The highest BCUT2D eigenvalue weighted by molar-refractivity contribution is 7.99. The van der Waals surface area contributed by atoms with Crippen molar-refractivity contribution in [2.24, 2.45) is 0 Å². The van der Waals surface area contributed by atoms with Crippen molar-refractivity contribution in [2.45, 2.75) is 16.7 Å². The van der Waals surface area contributed by atoms with Crippen LogP contribution in [-0.4, -0.2) is 19.6 Å². The third kappa shape index (κ3) is 2.83. The molecule has 4 nitrogen and oxygen atoms in total. The molecule has 0 aliphatic carbocycles. The number of aryl methyl sites for hydroxylation is 1. The minimum absolute atomic E-state index is 0.746. The summed E-state index contributed by atoms with van der Waals surface area (Å²) in [4.78, 5) is 11.1. The minimum atomic E-state index is 0.746. The van der Waals surface area contributed by atoms with Crippen molar-refractivity contribution < 1.29 is 0 Å². The molecule has 0 saturated heterocycles. The fraction of sp³-hybridized carbons (Fsp3) is 0.0556. The first-order chi connectivity index (χ1) is 11.3. The van der Waals surface area contributed by atoms with Gasteiger partial charge in [0.05, 0.1) is 6.20 Å². The van der Waals surface area contributed by atoms with E-state index in [4.69, 9.17) is 0 Å².